The van der Waals surface area contributed by atoms with Crippen molar-refractivity contribution in [3.05, 3.63) is 63.7 Å². The van der Waals surface area contributed by atoms with Gasteiger partial charge in [0.1, 0.15) is 11.5 Å². The lowest BCUT2D eigenvalue weighted by Crippen LogP contribution is -2.41. The van der Waals surface area contributed by atoms with Crippen LogP contribution in [0.2, 0.25) is 5.02 Å². The number of hydrogen-bond acceptors (Lipinski definition) is 5. The number of methoxy groups -OCH3 is 1. The first-order valence-corrected chi connectivity index (χ1v) is 11.3. The van der Waals surface area contributed by atoms with Gasteiger partial charge < -0.3 is 15.0 Å². The molecule has 2 aromatic carbocycles. The zero-order chi connectivity index (χ0) is 23.5. The van der Waals surface area contributed by atoms with Crippen molar-refractivity contribution in [1.29, 1.82) is 0 Å². The van der Waals surface area contributed by atoms with Gasteiger partial charge in [0.25, 0.3) is 5.91 Å². The second-order valence-corrected chi connectivity index (χ2v) is 8.84. The Bertz CT molecular complexity index is 1130. The highest BCUT2D eigenvalue weighted by molar-refractivity contribution is 6.32. The van der Waals surface area contributed by atoms with Crippen molar-refractivity contribution >= 4 is 35.0 Å². The number of carbonyl (C=O) groups is 4. The Hall–Kier alpha value is -3.19. The number of rotatable bonds is 6. The Kier molecular flexibility index (Phi) is 6.79. The summed E-state index contributed by atoms with van der Waals surface area (Å²) in [6.07, 6.45) is 1.61. The van der Waals surface area contributed by atoms with Gasteiger partial charge >= 0.3 is 0 Å². The van der Waals surface area contributed by atoms with Crippen LogP contribution in [-0.2, 0) is 33.9 Å². The van der Waals surface area contributed by atoms with Crippen molar-refractivity contribution in [2.45, 2.75) is 51.2 Å². The highest BCUT2D eigenvalue weighted by Crippen LogP contribution is 2.29. The fraction of sp³-hybridized carbons (Fsp3) is 0.360. The topological polar surface area (TPSA) is 92.8 Å². The molecule has 1 N–H and O–H groups in total. The largest absolute Gasteiger partial charge is 0.495 e. The van der Waals surface area contributed by atoms with E-state index >= 15 is 0 Å². The molecule has 0 bridgehead atoms. The van der Waals surface area contributed by atoms with Gasteiger partial charge in [-0.2, -0.15) is 0 Å². The van der Waals surface area contributed by atoms with Crippen molar-refractivity contribution < 1.29 is 23.9 Å². The van der Waals surface area contributed by atoms with Gasteiger partial charge in [-0.05, 0) is 47.7 Å². The lowest BCUT2D eigenvalue weighted by Gasteiger charge is -2.25. The van der Waals surface area contributed by atoms with Gasteiger partial charge in [-0.3, -0.25) is 19.2 Å². The monoisotopic (exact) mass is 468 g/mol. The number of nitrogens with zero attached hydrogens (tertiary/aromatic N) is 1. The summed E-state index contributed by atoms with van der Waals surface area (Å²) in [5.41, 5.74) is 3.05. The minimum absolute atomic E-state index is 0.0541. The van der Waals surface area contributed by atoms with Crippen LogP contribution >= 0.6 is 11.6 Å². The molecule has 0 radical (unpaired) electrons. The van der Waals surface area contributed by atoms with Crippen molar-refractivity contribution in [3.8, 4) is 5.75 Å². The van der Waals surface area contributed by atoms with Gasteiger partial charge in [-0.25, -0.2) is 0 Å². The van der Waals surface area contributed by atoms with E-state index < -0.39 is 6.04 Å². The van der Waals surface area contributed by atoms with Gasteiger partial charge in [-0.15, -0.1) is 0 Å². The van der Waals surface area contributed by atoms with Crippen LogP contribution in [0.4, 0.5) is 0 Å². The Morgan fingerprint density at radius 3 is 2.70 bits per heavy atom. The summed E-state index contributed by atoms with van der Waals surface area (Å²) in [6.45, 7) is 0.659. The number of ether oxygens (including phenoxy) is 1. The van der Waals surface area contributed by atoms with Crippen LogP contribution in [0.15, 0.2) is 36.4 Å². The molecular weight excluding hydrogens is 444 g/mol. The lowest BCUT2D eigenvalue weighted by molar-refractivity contribution is -0.128. The summed E-state index contributed by atoms with van der Waals surface area (Å²) in [7, 11) is 1.53. The van der Waals surface area contributed by atoms with E-state index in [-0.39, 0.29) is 36.2 Å². The fourth-order valence-electron chi connectivity index (χ4n) is 4.41. The Balaban J connectivity index is 1.38. The first kappa shape index (κ1) is 23.0. The normalized spacial score (nSPS) is 18.2. The third-order valence-corrected chi connectivity index (χ3v) is 6.42. The van der Waals surface area contributed by atoms with Gasteiger partial charge in [-0.1, -0.05) is 29.8 Å². The molecule has 0 saturated heterocycles. The lowest BCUT2D eigenvalue weighted by atomic mass is 10.1. The summed E-state index contributed by atoms with van der Waals surface area (Å²) in [6, 6.07) is 10.1. The molecule has 1 unspecified atom stereocenters. The molecule has 2 aliphatic rings. The molecule has 33 heavy (non-hydrogen) atoms. The summed E-state index contributed by atoms with van der Waals surface area (Å²) in [5, 5.41) is 3.34. The third-order valence-electron chi connectivity index (χ3n) is 6.12. The average Bonchev–Trinajstić information content (AvgIpc) is 3.00. The summed E-state index contributed by atoms with van der Waals surface area (Å²) >= 11 is 6.12. The average molecular weight is 469 g/mol. The number of benzene rings is 2. The molecule has 172 valence electrons. The SMILES string of the molecule is COc1ccc(CC(=O)NCc2ccc3c(c2)CN(C2CCCC(=O)CC2=O)C3=O)cc1Cl. The van der Waals surface area contributed by atoms with Crippen molar-refractivity contribution in [3.63, 3.8) is 0 Å². The molecule has 2 amide bonds. The molecule has 1 fully saturated rings. The molecule has 1 aliphatic heterocycles. The summed E-state index contributed by atoms with van der Waals surface area (Å²) in [5.74, 6) is -0.00101. The standard InChI is InChI=1S/C25H25ClN2O5/c1-33-23-8-6-15(10-20(23)26)11-24(31)27-13-16-5-7-19-17(9-16)14-28(25(19)32)21-4-2-3-18(29)12-22(21)30/h5-10,21H,2-4,11-14H2,1H3,(H,27,31). The number of carbonyl (C=O) groups excluding carboxylic acids is 4. The Labute approximate surface area is 197 Å². The third kappa shape index (κ3) is 5.09. The molecule has 8 heteroatoms. The van der Waals surface area contributed by atoms with Crippen LogP contribution < -0.4 is 10.1 Å². The van der Waals surface area contributed by atoms with E-state index in [1.807, 2.05) is 12.1 Å². The quantitative estimate of drug-likeness (QED) is 0.519. The van der Waals surface area contributed by atoms with Crippen LogP contribution in [0.25, 0.3) is 0 Å². The number of fused-ring (bicyclic) bond motifs is 1. The van der Waals surface area contributed by atoms with E-state index in [2.05, 4.69) is 5.32 Å². The molecule has 1 aliphatic carbocycles. The molecule has 0 aromatic heterocycles. The highest BCUT2D eigenvalue weighted by atomic mass is 35.5. The second-order valence-electron chi connectivity index (χ2n) is 8.44. The number of halogens is 1. The summed E-state index contributed by atoms with van der Waals surface area (Å²) in [4.78, 5) is 51.0. The van der Waals surface area contributed by atoms with Crippen molar-refractivity contribution in [2.75, 3.05) is 7.11 Å². The number of hydrogen-bond donors (Lipinski definition) is 1. The first-order valence-electron chi connectivity index (χ1n) is 10.9. The van der Waals surface area contributed by atoms with Gasteiger partial charge in [0.2, 0.25) is 5.91 Å². The number of amides is 2. The zero-order valence-corrected chi connectivity index (χ0v) is 19.1. The molecular formula is C25H25ClN2O5. The van der Waals surface area contributed by atoms with E-state index in [0.717, 1.165) is 16.7 Å². The van der Waals surface area contributed by atoms with Gasteiger partial charge in [0.15, 0.2) is 5.78 Å². The van der Waals surface area contributed by atoms with Crippen LogP contribution in [0.5, 0.6) is 5.75 Å². The van der Waals surface area contributed by atoms with E-state index in [9.17, 15) is 19.2 Å². The smallest absolute Gasteiger partial charge is 0.255 e. The van der Waals surface area contributed by atoms with Crippen LogP contribution in [-0.4, -0.2) is 41.4 Å². The Morgan fingerprint density at radius 2 is 1.94 bits per heavy atom. The molecule has 1 heterocycles. The molecule has 1 atom stereocenters. The number of nitrogens with one attached hydrogen (secondary N) is 1. The molecule has 7 nitrogen and oxygen atoms in total. The minimum atomic E-state index is -0.546. The maximum absolute atomic E-state index is 12.9. The van der Waals surface area contributed by atoms with E-state index in [1.165, 1.54) is 7.11 Å². The molecule has 0 spiro atoms. The maximum atomic E-state index is 12.9. The van der Waals surface area contributed by atoms with Crippen LogP contribution in [0.1, 0.15) is 52.7 Å². The van der Waals surface area contributed by atoms with Gasteiger partial charge in [0.05, 0.1) is 31.0 Å². The molecule has 2 aromatic rings. The van der Waals surface area contributed by atoms with Crippen LogP contribution in [0, 0.1) is 0 Å². The second kappa shape index (κ2) is 9.75. The van der Waals surface area contributed by atoms with Crippen molar-refractivity contribution in [2.24, 2.45) is 0 Å². The van der Waals surface area contributed by atoms with E-state index in [1.54, 1.807) is 29.2 Å². The predicted molar refractivity (Wildman–Crippen MR) is 122 cm³/mol. The highest BCUT2D eigenvalue weighted by Gasteiger charge is 2.37. The summed E-state index contributed by atoms with van der Waals surface area (Å²) < 4.78 is 5.12. The first-order chi connectivity index (χ1) is 15.9. The van der Waals surface area contributed by atoms with Gasteiger partial charge in [0, 0.05) is 25.1 Å². The Morgan fingerprint density at radius 1 is 1.15 bits per heavy atom. The predicted octanol–water partition coefficient (Wildman–Crippen LogP) is 3.24. The molecule has 1 saturated carbocycles. The maximum Gasteiger partial charge on any atom is 0.255 e. The molecule has 4 rings (SSSR count). The minimum Gasteiger partial charge on any atom is -0.495 e. The van der Waals surface area contributed by atoms with Crippen molar-refractivity contribution in [1.82, 2.24) is 10.2 Å². The number of ketones is 2. The van der Waals surface area contributed by atoms with E-state index in [0.29, 0.717) is 48.7 Å². The van der Waals surface area contributed by atoms with E-state index in [4.69, 9.17) is 16.3 Å². The number of Topliss-reactive ketones (excluding diaryl/α,β-unsaturated/α-hetero) is 2. The zero-order valence-electron chi connectivity index (χ0n) is 18.4. The van der Waals surface area contributed by atoms with Crippen LogP contribution in [0.3, 0.4) is 0 Å². The fourth-order valence-corrected chi connectivity index (χ4v) is 4.69.